The highest BCUT2D eigenvalue weighted by Gasteiger charge is 2.02. The Morgan fingerprint density at radius 3 is 3.00 bits per heavy atom. The smallest absolute Gasteiger partial charge is 0.148 e. The van der Waals surface area contributed by atoms with E-state index in [1.807, 2.05) is 24.3 Å². The number of fused-ring (bicyclic) bond motifs is 1. The molecule has 54 valence electrons. The molecule has 1 aliphatic heterocycles. The highest BCUT2D eigenvalue weighted by Crippen LogP contribution is 1.91. The largest absolute Gasteiger partial charge is 0.298 e. The summed E-state index contributed by atoms with van der Waals surface area (Å²) >= 11 is 0. The van der Waals surface area contributed by atoms with Crippen molar-refractivity contribution >= 4 is 11.9 Å². The van der Waals surface area contributed by atoms with Gasteiger partial charge in [0, 0.05) is 10.8 Å². The van der Waals surface area contributed by atoms with E-state index >= 15 is 0 Å². The molecule has 0 radical (unpaired) electrons. The van der Waals surface area contributed by atoms with Gasteiger partial charge < -0.3 is 0 Å². The zero-order chi connectivity index (χ0) is 7.68. The molecule has 0 unspecified atom stereocenters. The van der Waals surface area contributed by atoms with Crippen molar-refractivity contribution in [2.75, 3.05) is 6.54 Å². The molecule has 0 amide bonds. The number of rotatable bonds is 1. The number of hydrogen-bond acceptors (Lipinski definition) is 2. The van der Waals surface area contributed by atoms with Crippen molar-refractivity contribution in [3.05, 3.63) is 34.8 Å². The van der Waals surface area contributed by atoms with Gasteiger partial charge in [-0.3, -0.25) is 9.79 Å². The highest BCUT2D eigenvalue weighted by atomic mass is 16.1. The minimum Gasteiger partial charge on any atom is -0.298 e. The monoisotopic (exact) mass is 145 g/mol. The third-order valence-electron chi connectivity index (χ3n) is 1.81. The zero-order valence-corrected chi connectivity index (χ0v) is 5.95. The van der Waals surface area contributed by atoms with Crippen LogP contribution in [0.4, 0.5) is 0 Å². The van der Waals surface area contributed by atoms with Crippen LogP contribution < -0.4 is 10.6 Å². The van der Waals surface area contributed by atoms with Crippen molar-refractivity contribution in [2.45, 2.75) is 0 Å². The first-order valence-electron chi connectivity index (χ1n) is 3.50. The summed E-state index contributed by atoms with van der Waals surface area (Å²) in [5, 5.41) is 1.93. The molecule has 1 heterocycles. The van der Waals surface area contributed by atoms with Gasteiger partial charge in [-0.2, -0.15) is 0 Å². The molecule has 11 heavy (non-hydrogen) atoms. The lowest BCUT2D eigenvalue weighted by Crippen LogP contribution is -2.22. The molecule has 1 aliphatic rings. The van der Waals surface area contributed by atoms with E-state index in [1.54, 1.807) is 0 Å². The van der Waals surface area contributed by atoms with Crippen molar-refractivity contribution in [3.8, 4) is 0 Å². The van der Waals surface area contributed by atoms with Gasteiger partial charge in [0.05, 0.1) is 11.9 Å². The number of nitrogens with zero attached hydrogens (tertiary/aromatic N) is 1. The van der Waals surface area contributed by atoms with Crippen molar-refractivity contribution < 1.29 is 4.79 Å². The molecule has 0 spiro atoms. The van der Waals surface area contributed by atoms with Crippen LogP contribution in [0.2, 0.25) is 0 Å². The summed E-state index contributed by atoms with van der Waals surface area (Å²) in [4.78, 5) is 14.7. The molecule has 2 nitrogen and oxygen atoms in total. The minimum atomic E-state index is 0.544. The van der Waals surface area contributed by atoms with Crippen molar-refractivity contribution in [3.63, 3.8) is 0 Å². The Bertz CT molecular complexity index is 406. The fourth-order valence-electron chi connectivity index (χ4n) is 1.24. The summed E-state index contributed by atoms with van der Waals surface area (Å²) in [6, 6.07) is 7.70. The maximum absolute atomic E-state index is 10.5. The van der Waals surface area contributed by atoms with Crippen LogP contribution in [0.5, 0.6) is 0 Å². The average Bonchev–Trinajstić information content (AvgIpc) is 2.47. The zero-order valence-electron chi connectivity index (χ0n) is 5.95. The second-order valence-corrected chi connectivity index (χ2v) is 2.48. The first-order valence-corrected chi connectivity index (χ1v) is 3.50. The lowest BCUT2D eigenvalue weighted by molar-refractivity contribution is -0.103. The Balaban J connectivity index is 2.89. The molecule has 0 fully saturated rings. The van der Waals surface area contributed by atoms with Gasteiger partial charge in [-0.05, 0) is 6.07 Å². The van der Waals surface area contributed by atoms with E-state index in [-0.39, 0.29) is 0 Å². The third kappa shape index (κ3) is 0.871. The molecule has 0 saturated carbocycles. The second kappa shape index (κ2) is 2.31. The van der Waals surface area contributed by atoms with E-state index in [2.05, 4.69) is 4.99 Å². The summed E-state index contributed by atoms with van der Waals surface area (Å²) in [6.45, 7) is 0.544. The first-order chi connectivity index (χ1) is 5.42. The Hall–Kier alpha value is -1.44. The van der Waals surface area contributed by atoms with Crippen LogP contribution >= 0.6 is 0 Å². The first kappa shape index (κ1) is 6.28. The molecule has 0 aliphatic carbocycles. The average molecular weight is 145 g/mol. The van der Waals surface area contributed by atoms with E-state index in [1.165, 1.54) is 0 Å². The van der Waals surface area contributed by atoms with Crippen LogP contribution in [0.3, 0.4) is 0 Å². The molecule has 1 aromatic rings. The van der Waals surface area contributed by atoms with Crippen LogP contribution in [-0.2, 0) is 4.79 Å². The number of benzene rings is 1. The van der Waals surface area contributed by atoms with E-state index in [4.69, 9.17) is 0 Å². The molecule has 0 saturated heterocycles. The maximum Gasteiger partial charge on any atom is 0.148 e. The van der Waals surface area contributed by atoms with E-state index in [0.717, 1.165) is 22.4 Å². The fraction of sp³-hybridized carbons (Fsp3) is 0.111. The lowest BCUT2D eigenvalue weighted by atomic mass is 10.2. The quantitative estimate of drug-likeness (QED) is 0.497. The van der Waals surface area contributed by atoms with E-state index < -0.39 is 0 Å². The fourth-order valence-corrected chi connectivity index (χ4v) is 1.24. The van der Waals surface area contributed by atoms with Gasteiger partial charge in [0.15, 0.2) is 0 Å². The standard InChI is InChI=1S/C9H7NO/c11-6-7-5-10-9-4-2-1-3-8(7)9/h1-4,6H,5H2. The summed E-state index contributed by atoms with van der Waals surface area (Å²) in [5.74, 6) is 0. The SMILES string of the molecule is O=CC1=c2ccccc2=NC1. The van der Waals surface area contributed by atoms with Crippen LogP contribution in [-0.4, -0.2) is 12.8 Å². The number of aldehydes is 1. The summed E-state index contributed by atoms with van der Waals surface area (Å²) < 4.78 is 0. The van der Waals surface area contributed by atoms with Gasteiger partial charge >= 0.3 is 0 Å². The molecule has 0 atom stereocenters. The Morgan fingerprint density at radius 2 is 2.18 bits per heavy atom. The van der Waals surface area contributed by atoms with Gasteiger partial charge in [0.2, 0.25) is 0 Å². The van der Waals surface area contributed by atoms with Gasteiger partial charge in [0.1, 0.15) is 6.29 Å². The van der Waals surface area contributed by atoms with Crippen molar-refractivity contribution in [2.24, 2.45) is 4.99 Å². The molecule has 1 aromatic carbocycles. The minimum absolute atomic E-state index is 0.544. The Morgan fingerprint density at radius 1 is 1.36 bits per heavy atom. The predicted molar refractivity (Wildman–Crippen MR) is 41.6 cm³/mol. The molecule has 0 bridgehead atoms. The molecular weight excluding hydrogens is 138 g/mol. The van der Waals surface area contributed by atoms with Crippen LogP contribution in [0, 0.1) is 0 Å². The second-order valence-electron chi connectivity index (χ2n) is 2.48. The summed E-state index contributed by atoms with van der Waals surface area (Å²) in [7, 11) is 0. The van der Waals surface area contributed by atoms with Crippen LogP contribution in [0.1, 0.15) is 0 Å². The molecule has 2 rings (SSSR count). The van der Waals surface area contributed by atoms with Gasteiger partial charge in [-0.25, -0.2) is 0 Å². The van der Waals surface area contributed by atoms with Crippen molar-refractivity contribution in [1.82, 2.24) is 0 Å². The topological polar surface area (TPSA) is 29.4 Å². The number of carbonyl (C=O) groups is 1. The Labute approximate surface area is 63.9 Å². The van der Waals surface area contributed by atoms with Gasteiger partial charge in [-0.15, -0.1) is 0 Å². The third-order valence-corrected chi connectivity index (χ3v) is 1.81. The molecular formula is C9H7NO. The number of hydrogen-bond donors (Lipinski definition) is 0. The van der Waals surface area contributed by atoms with Crippen LogP contribution in [0.15, 0.2) is 29.3 Å². The molecule has 0 aromatic heterocycles. The predicted octanol–water partition coefficient (Wildman–Crippen LogP) is -0.331. The summed E-state index contributed by atoms with van der Waals surface area (Å²) in [6.07, 6.45) is 0.884. The normalized spacial score (nSPS) is 14.0. The maximum atomic E-state index is 10.5. The molecule has 0 N–H and O–H groups in total. The van der Waals surface area contributed by atoms with Gasteiger partial charge in [-0.1, -0.05) is 18.2 Å². The molecule has 2 heteroatoms. The Kier molecular flexibility index (Phi) is 1.32. The highest BCUT2D eigenvalue weighted by molar-refractivity contribution is 5.99. The van der Waals surface area contributed by atoms with Crippen LogP contribution in [0.25, 0.3) is 5.57 Å². The van der Waals surface area contributed by atoms with E-state index in [0.29, 0.717) is 6.54 Å². The van der Waals surface area contributed by atoms with Gasteiger partial charge in [0.25, 0.3) is 0 Å². The number of carbonyl (C=O) groups excluding carboxylic acids is 1. The van der Waals surface area contributed by atoms with E-state index in [9.17, 15) is 4.79 Å². The number of para-hydroxylation sites is 1. The summed E-state index contributed by atoms with van der Waals surface area (Å²) in [5.41, 5.74) is 0.792. The lowest BCUT2D eigenvalue weighted by Gasteiger charge is -1.83. The van der Waals surface area contributed by atoms with Crippen molar-refractivity contribution in [1.29, 1.82) is 0 Å².